The zero-order valence-corrected chi connectivity index (χ0v) is 20.9. The van der Waals surface area contributed by atoms with E-state index in [2.05, 4.69) is 32.2 Å². The van der Waals surface area contributed by atoms with Crippen LogP contribution in [-0.2, 0) is 6.42 Å². The number of phenols is 1. The van der Waals surface area contributed by atoms with Crippen molar-refractivity contribution in [2.24, 2.45) is 0 Å². The summed E-state index contributed by atoms with van der Waals surface area (Å²) < 4.78 is 5.38. The molecule has 0 saturated carbocycles. The fourth-order valence-electron chi connectivity index (χ4n) is 3.98. The molecule has 0 saturated heterocycles. The number of amides is 1. The van der Waals surface area contributed by atoms with E-state index in [0.29, 0.717) is 46.8 Å². The van der Waals surface area contributed by atoms with E-state index in [1.807, 2.05) is 25.1 Å². The zero-order valence-electron chi connectivity index (χ0n) is 20.1. The largest absolute Gasteiger partial charge is 0.507 e. The lowest BCUT2D eigenvalue weighted by molar-refractivity contribution is 0.0954. The van der Waals surface area contributed by atoms with Gasteiger partial charge in [0.2, 0.25) is 5.88 Å². The van der Waals surface area contributed by atoms with Crippen LogP contribution >= 0.6 is 11.3 Å². The van der Waals surface area contributed by atoms with Crippen LogP contribution in [0.1, 0.15) is 25.9 Å². The number of H-pyrrole nitrogens is 1. The van der Waals surface area contributed by atoms with Crippen LogP contribution in [0, 0.1) is 13.8 Å². The van der Waals surface area contributed by atoms with Crippen LogP contribution in [0.2, 0.25) is 0 Å². The minimum atomic E-state index is -0.161. The Balaban J connectivity index is 1.37. The number of methoxy groups -OCH3 is 1. The summed E-state index contributed by atoms with van der Waals surface area (Å²) in [6.45, 7) is 4.55. The van der Waals surface area contributed by atoms with Crippen molar-refractivity contribution in [3.8, 4) is 34.1 Å². The lowest BCUT2D eigenvalue weighted by Gasteiger charge is -2.09. The third kappa shape index (κ3) is 4.65. The molecule has 0 radical (unpaired) electrons. The highest BCUT2D eigenvalue weighted by Crippen LogP contribution is 2.35. The molecule has 0 aliphatic rings. The molecule has 3 heterocycles. The first kappa shape index (κ1) is 23.5. The van der Waals surface area contributed by atoms with Gasteiger partial charge in [0, 0.05) is 35.2 Å². The van der Waals surface area contributed by atoms with Crippen LogP contribution in [-0.4, -0.2) is 44.6 Å². The Morgan fingerprint density at radius 3 is 2.75 bits per heavy atom. The number of thiazole rings is 1. The molecule has 0 bridgehead atoms. The number of nitrogens with one attached hydrogen (secondary N) is 2. The first-order valence-corrected chi connectivity index (χ1v) is 12.3. The van der Waals surface area contributed by atoms with Crippen LogP contribution < -0.4 is 10.1 Å². The standard InChI is InChI=1S/C27H25N5O3S/c1-15-16(2)36-24(30-15)10-12-28-26(34)18-6-8-21-22(14-18)32-25(31-21)20-13-17(7-9-23(20)33)19-5-4-11-29-27(19)35-3/h4-9,11,13-14,33H,10,12H2,1-3H3,(H,28,34)(H,31,32). The van der Waals surface area contributed by atoms with E-state index >= 15 is 0 Å². The van der Waals surface area contributed by atoms with Crippen LogP contribution in [0.5, 0.6) is 11.6 Å². The number of aromatic amines is 1. The van der Waals surface area contributed by atoms with E-state index in [0.717, 1.165) is 21.8 Å². The number of imidazole rings is 1. The van der Waals surface area contributed by atoms with Crippen LogP contribution in [0.4, 0.5) is 0 Å². The fourth-order valence-corrected chi connectivity index (χ4v) is 4.91. The van der Waals surface area contributed by atoms with E-state index < -0.39 is 0 Å². The van der Waals surface area contributed by atoms with Gasteiger partial charge in [-0.3, -0.25) is 4.79 Å². The van der Waals surface area contributed by atoms with Gasteiger partial charge < -0.3 is 20.1 Å². The van der Waals surface area contributed by atoms with Gasteiger partial charge in [-0.15, -0.1) is 11.3 Å². The highest BCUT2D eigenvalue weighted by atomic mass is 32.1. The number of hydrogen-bond acceptors (Lipinski definition) is 7. The second kappa shape index (κ2) is 9.79. The second-order valence-electron chi connectivity index (χ2n) is 8.36. The van der Waals surface area contributed by atoms with Crippen LogP contribution in [0.15, 0.2) is 54.7 Å². The highest BCUT2D eigenvalue weighted by molar-refractivity contribution is 7.11. The van der Waals surface area contributed by atoms with Crippen LogP contribution in [0.25, 0.3) is 33.5 Å². The molecule has 3 N–H and O–H groups in total. The van der Waals surface area contributed by atoms with E-state index in [1.165, 1.54) is 4.88 Å². The minimum Gasteiger partial charge on any atom is -0.507 e. The maximum Gasteiger partial charge on any atom is 0.251 e. The van der Waals surface area contributed by atoms with Crippen molar-refractivity contribution in [2.45, 2.75) is 20.3 Å². The molecule has 0 fully saturated rings. The third-order valence-electron chi connectivity index (χ3n) is 5.97. The molecule has 36 heavy (non-hydrogen) atoms. The summed E-state index contributed by atoms with van der Waals surface area (Å²) in [5.41, 5.74) is 5.14. The van der Waals surface area contributed by atoms with Gasteiger partial charge in [0.15, 0.2) is 0 Å². The molecular weight excluding hydrogens is 474 g/mol. The average Bonchev–Trinajstić information content (AvgIpc) is 3.45. The number of ether oxygens (including phenoxy) is 1. The number of aromatic hydroxyl groups is 1. The van der Waals surface area contributed by atoms with Crippen molar-refractivity contribution in [1.82, 2.24) is 25.3 Å². The Kier molecular flexibility index (Phi) is 6.39. The van der Waals surface area contributed by atoms with Crippen molar-refractivity contribution in [3.63, 3.8) is 0 Å². The Labute approximate surface area is 212 Å². The normalized spacial score (nSPS) is 11.1. The number of benzene rings is 2. The quantitative estimate of drug-likeness (QED) is 0.289. The Morgan fingerprint density at radius 2 is 1.97 bits per heavy atom. The molecule has 0 atom stereocenters. The number of rotatable bonds is 7. The molecule has 0 aliphatic heterocycles. The summed E-state index contributed by atoms with van der Waals surface area (Å²) in [7, 11) is 1.57. The summed E-state index contributed by atoms with van der Waals surface area (Å²) in [6.07, 6.45) is 2.36. The first-order valence-electron chi connectivity index (χ1n) is 11.5. The van der Waals surface area contributed by atoms with Gasteiger partial charge in [-0.05, 0) is 61.9 Å². The number of carbonyl (C=O) groups is 1. The van der Waals surface area contributed by atoms with Gasteiger partial charge >= 0.3 is 0 Å². The molecular formula is C27H25N5O3S. The Hall–Kier alpha value is -4.24. The van der Waals surface area contributed by atoms with E-state index in [-0.39, 0.29) is 11.7 Å². The molecule has 0 unspecified atom stereocenters. The van der Waals surface area contributed by atoms with Crippen molar-refractivity contribution in [1.29, 1.82) is 0 Å². The Morgan fingerprint density at radius 1 is 1.11 bits per heavy atom. The topological polar surface area (TPSA) is 113 Å². The lowest BCUT2D eigenvalue weighted by Crippen LogP contribution is -2.25. The number of aromatic nitrogens is 4. The average molecular weight is 500 g/mol. The number of nitrogens with zero attached hydrogens (tertiary/aromatic N) is 3. The first-order chi connectivity index (χ1) is 17.4. The monoisotopic (exact) mass is 499 g/mol. The molecule has 8 nitrogen and oxygen atoms in total. The number of carbonyl (C=O) groups excluding carboxylic acids is 1. The van der Waals surface area contributed by atoms with Crippen LogP contribution in [0.3, 0.4) is 0 Å². The maximum atomic E-state index is 12.7. The summed E-state index contributed by atoms with van der Waals surface area (Å²) in [6, 6.07) is 14.3. The van der Waals surface area contributed by atoms with E-state index in [1.54, 1.807) is 55.0 Å². The molecule has 3 aromatic heterocycles. The number of fused-ring (bicyclic) bond motifs is 1. The molecule has 5 rings (SSSR count). The SMILES string of the molecule is COc1ncccc1-c1ccc(O)c(-c2nc3ccc(C(=O)NCCc4nc(C)c(C)s4)cc3[nH]2)c1. The third-order valence-corrected chi connectivity index (χ3v) is 7.10. The summed E-state index contributed by atoms with van der Waals surface area (Å²) >= 11 is 1.66. The van der Waals surface area contributed by atoms with E-state index in [9.17, 15) is 9.90 Å². The predicted octanol–water partition coefficient (Wildman–Crippen LogP) is 5.05. The molecule has 182 valence electrons. The number of aryl methyl sites for hydroxylation is 2. The van der Waals surface area contributed by atoms with Crippen molar-refractivity contribution in [2.75, 3.05) is 13.7 Å². The summed E-state index contributed by atoms with van der Waals surface area (Å²) in [4.78, 5) is 30.6. The molecule has 1 amide bonds. The summed E-state index contributed by atoms with van der Waals surface area (Å²) in [5, 5.41) is 14.5. The van der Waals surface area contributed by atoms with Gasteiger partial charge in [-0.2, -0.15) is 0 Å². The van der Waals surface area contributed by atoms with Gasteiger partial charge in [-0.25, -0.2) is 15.0 Å². The maximum absolute atomic E-state index is 12.7. The summed E-state index contributed by atoms with van der Waals surface area (Å²) in [5.74, 6) is 0.923. The number of phenolic OH excluding ortho intramolecular Hbond substituents is 1. The smallest absolute Gasteiger partial charge is 0.251 e. The van der Waals surface area contributed by atoms with Gasteiger partial charge in [-0.1, -0.05) is 6.07 Å². The molecule has 0 aliphatic carbocycles. The molecule has 0 spiro atoms. The molecule has 5 aromatic rings. The second-order valence-corrected chi connectivity index (χ2v) is 9.65. The van der Waals surface area contributed by atoms with Gasteiger partial charge in [0.05, 0.1) is 34.4 Å². The molecule has 2 aromatic carbocycles. The van der Waals surface area contributed by atoms with Gasteiger partial charge in [0.1, 0.15) is 11.6 Å². The zero-order chi connectivity index (χ0) is 25.2. The van der Waals surface area contributed by atoms with Crippen molar-refractivity contribution >= 4 is 28.3 Å². The predicted molar refractivity (Wildman–Crippen MR) is 141 cm³/mol. The Bertz CT molecular complexity index is 1550. The number of pyridine rings is 1. The van der Waals surface area contributed by atoms with Gasteiger partial charge in [0.25, 0.3) is 5.91 Å². The lowest BCUT2D eigenvalue weighted by atomic mass is 10.0. The minimum absolute atomic E-state index is 0.0892. The molecule has 9 heteroatoms. The van der Waals surface area contributed by atoms with Crippen molar-refractivity contribution in [3.05, 3.63) is 75.9 Å². The number of hydrogen-bond donors (Lipinski definition) is 3. The van der Waals surface area contributed by atoms with E-state index in [4.69, 9.17) is 4.74 Å². The fraction of sp³-hybridized carbons (Fsp3) is 0.185. The van der Waals surface area contributed by atoms with Crippen molar-refractivity contribution < 1.29 is 14.6 Å². The highest BCUT2D eigenvalue weighted by Gasteiger charge is 2.15.